The van der Waals surface area contributed by atoms with Crippen LogP contribution >= 0.6 is 0 Å². The van der Waals surface area contributed by atoms with Gasteiger partial charge in [0.05, 0.1) is 12.6 Å². The minimum Gasteiger partial charge on any atom is -0.489 e. The van der Waals surface area contributed by atoms with E-state index in [9.17, 15) is 4.79 Å². The Bertz CT molecular complexity index is 752. The van der Waals surface area contributed by atoms with Crippen LogP contribution in [0.3, 0.4) is 0 Å². The van der Waals surface area contributed by atoms with Gasteiger partial charge in [0.15, 0.2) is 5.96 Å². The Hall–Kier alpha value is -2.54. The predicted molar refractivity (Wildman–Crippen MR) is 125 cm³/mol. The lowest BCUT2D eigenvalue weighted by atomic mass is 10.2. The number of carbonyl (C=O) groups is 1. The average Bonchev–Trinajstić information content (AvgIpc) is 3.35. The highest BCUT2D eigenvalue weighted by Crippen LogP contribution is 2.19. The minimum atomic E-state index is -0.0475. The number of aliphatic imine (C=N–C) groups is 1. The van der Waals surface area contributed by atoms with Crippen LogP contribution in [0.5, 0.6) is 5.75 Å². The molecule has 7 heteroatoms. The number of hydrogen-bond acceptors (Lipinski definition) is 4. The summed E-state index contributed by atoms with van der Waals surface area (Å²) in [6.45, 7) is 15.0. The zero-order valence-electron chi connectivity index (χ0n) is 19.1. The molecule has 0 saturated carbocycles. The van der Waals surface area contributed by atoms with E-state index < -0.39 is 0 Å². The Kier molecular flexibility index (Phi) is 8.76. The summed E-state index contributed by atoms with van der Waals surface area (Å²) in [6.07, 6.45) is 4.02. The van der Waals surface area contributed by atoms with E-state index in [1.54, 1.807) is 6.08 Å². The normalized spacial score (nSPS) is 18.7. The average molecular weight is 428 g/mol. The number of nitrogens with one attached hydrogen (secondary N) is 1. The van der Waals surface area contributed by atoms with Crippen LogP contribution < -0.4 is 10.1 Å². The first-order valence-electron chi connectivity index (χ1n) is 11.5. The van der Waals surface area contributed by atoms with Crippen molar-refractivity contribution in [3.63, 3.8) is 0 Å². The van der Waals surface area contributed by atoms with Gasteiger partial charge >= 0.3 is 0 Å². The van der Waals surface area contributed by atoms with Gasteiger partial charge in [-0.25, -0.2) is 4.99 Å². The van der Waals surface area contributed by atoms with E-state index in [1.165, 1.54) is 0 Å². The van der Waals surface area contributed by atoms with Crippen LogP contribution in [0.4, 0.5) is 0 Å². The van der Waals surface area contributed by atoms with Crippen LogP contribution in [0.15, 0.2) is 41.9 Å². The van der Waals surface area contributed by atoms with Crippen molar-refractivity contribution in [2.45, 2.75) is 39.3 Å². The number of benzene rings is 1. The van der Waals surface area contributed by atoms with Crippen LogP contribution in [0.1, 0.15) is 32.3 Å². The van der Waals surface area contributed by atoms with Gasteiger partial charge in [0.2, 0.25) is 5.91 Å². The van der Waals surface area contributed by atoms with Crippen LogP contribution in [0.25, 0.3) is 0 Å². The molecular formula is C24H37N5O2. The molecule has 0 aromatic heterocycles. The van der Waals surface area contributed by atoms with Crippen molar-refractivity contribution >= 4 is 11.9 Å². The molecular weight excluding hydrogens is 390 g/mol. The van der Waals surface area contributed by atoms with Gasteiger partial charge in [0, 0.05) is 51.4 Å². The maximum absolute atomic E-state index is 12.7. The molecule has 0 radical (unpaired) electrons. The fraction of sp³-hybridized carbons (Fsp3) is 0.583. The Morgan fingerprint density at radius 1 is 1.16 bits per heavy atom. The van der Waals surface area contributed by atoms with Gasteiger partial charge < -0.3 is 19.9 Å². The fourth-order valence-electron chi connectivity index (χ4n) is 4.19. The van der Waals surface area contributed by atoms with E-state index in [0.717, 1.165) is 75.9 Å². The lowest BCUT2D eigenvalue weighted by Crippen LogP contribution is -2.57. The summed E-state index contributed by atoms with van der Waals surface area (Å²) >= 11 is 0. The molecule has 0 bridgehead atoms. The third kappa shape index (κ3) is 6.23. The molecule has 1 aromatic rings. The Morgan fingerprint density at radius 2 is 1.87 bits per heavy atom. The molecule has 2 heterocycles. The van der Waals surface area contributed by atoms with E-state index in [4.69, 9.17) is 9.73 Å². The SMILES string of the molecule is C=CCOc1ccccc1CN=C(NCC)N1CCN(C(C)C(=O)N2CCCC2)CC1. The first-order chi connectivity index (χ1) is 15.1. The number of ether oxygens (including phenoxy) is 1. The molecule has 1 aromatic carbocycles. The van der Waals surface area contributed by atoms with Crippen molar-refractivity contribution in [3.05, 3.63) is 42.5 Å². The third-order valence-corrected chi connectivity index (χ3v) is 6.00. The zero-order chi connectivity index (χ0) is 22.1. The van der Waals surface area contributed by atoms with Gasteiger partial charge in [-0.05, 0) is 32.8 Å². The van der Waals surface area contributed by atoms with Gasteiger partial charge in [-0.1, -0.05) is 30.9 Å². The summed E-state index contributed by atoms with van der Waals surface area (Å²) in [6, 6.07) is 7.96. The summed E-state index contributed by atoms with van der Waals surface area (Å²) in [4.78, 5) is 24.2. The van der Waals surface area contributed by atoms with Crippen molar-refractivity contribution in [2.75, 3.05) is 52.4 Å². The molecule has 0 aliphatic carbocycles. The Labute approximate surface area is 186 Å². The first kappa shape index (κ1) is 23.1. The number of guanidine groups is 1. The van der Waals surface area contributed by atoms with Crippen LogP contribution in [0.2, 0.25) is 0 Å². The van der Waals surface area contributed by atoms with Crippen LogP contribution in [-0.4, -0.2) is 85.0 Å². The number of hydrogen-bond donors (Lipinski definition) is 1. The number of amides is 1. The van der Waals surface area contributed by atoms with Crippen molar-refractivity contribution in [1.29, 1.82) is 0 Å². The molecule has 2 saturated heterocycles. The van der Waals surface area contributed by atoms with Gasteiger partial charge in [-0.3, -0.25) is 9.69 Å². The van der Waals surface area contributed by atoms with E-state index in [2.05, 4.69) is 41.6 Å². The smallest absolute Gasteiger partial charge is 0.239 e. The van der Waals surface area contributed by atoms with E-state index in [-0.39, 0.29) is 11.9 Å². The van der Waals surface area contributed by atoms with Crippen molar-refractivity contribution < 1.29 is 9.53 Å². The second-order valence-electron chi connectivity index (χ2n) is 8.11. The number of piperazine rings is 1. The van der Waals surface area contributed by atoms with E-state index in [1.807, 2.05) is 23.1 Å². The Balaban J connectivity index is 1.59. The van der Waals surface area contributed by atoms with Crippen molar-refractivity contribution in [2.24, 2.45) is 4.99 Å². The molecule has 2 fully saturated rings. The molecule has 170 valence electrons. The molecule has 3 rings (SSSR count). The maximum Gasteiger partial charge on any atom is 0.239 e. The quantitative estimate of drug-likeness (QED) is 0.392. The molecule has 2 aliphatic rings. The molecule has 1 amide bonds. The summed E-state index contributed by atoms with van der Waals surface area (Å²) in [5, 5.41) is 3.42. The summed E-state index contributed by atoms with van der Waals surface area (Å²) < 4.78 is 5.77. The van der Waals surface area contributed by atoms with Gasteiger partial charge in [0.25, 0.3) is 0 Å². The third-order valence-electron chi connectivity index (χ3n) is 6.00. The van der Waals surface area contributed by atoms with E-state index >= 15 is 0 Å². The lowest BCUT2D eigenvalue weighted by molar-refractivity contribution is -0.135. The monoisotopic (exact) mass is 427 g/mol. The molecule has 0 spiro atoms. The molecule has 2 aliphatic heterocycles. The Morgan fingerprint density at radius 3 is 2.55 bits per heavy atom. The number of carbonyl (C=O) groups excluding carboxylic acids is 1. The molecule has 7 nitrogen and oxygen atoms in total. The molecule has 1 atom stereocenters. The molecule has 1 N–H and O–H groups in total. The summed E-state index contributed by atoms with van der Waals surface area (Å²) in [5.41, 5.74) is 1.06. The number of likely N-dealkylation sites (tertiary alicyclic amines) is 1. The number of nitrogens with zero attached hydrogens (tertiary/aromatic N) is 4. The highest BCUT2D eigenvalue weighted by molar-refractivity contribution is 5.82. The molecule has 31 heavy (non-hydrogen) atoms. The summed E-state index contributed by atoms with van der Waals surface area (Å²) in [5.74, 6) is 2.04. The largest absolute Gasteiger partial charge is 0.489 e. The molecule has 1 unspecified atom stereocenters. The van der Waals surface area contributed by atoms with E-state index in [0.29, 0.717) is 13.2 Å². The van der Waals surface area contributed by atoms with Gasteiger partial charge in [0.1, 0.15) is 12.4 Å². The fourth-order valence-corrected chi connectivity index (χ4v) is 4.19. The highest BCUT2D eigenvalue weighted by atomic mass is 16.5. The highest BCUT2D eigenvalue weighted by Gasteiger charge is 2.30. The zero-order valence-corrected chi connectivity index (χ0v) is 19.1. The number of rotatable bonds is 8. The second kappa shape index (κ2) is 11.7. The van der Waals surface area contributed by atoms with Gasteiger partial charge in [-0.15, -0.1) is 0 Å². The van der Waals surface area contributed by atoms with Gasteiger partial charge in [-0.2, -0.15) is 0 Å². The van der Waals surface area contributed by atoms with Crippen molar-refractivity contribution in [1.82, 2.24) is 20.0 Å². The standard InChI is InChI=1S/C24H37N5O2/c1-4-18-31-22-11-7-6-10-21(22)19-26-24(25-5-2)29-16-14-27(15-17-29)20(3)23(30)28-12-8-9-13-28/h4,6-7,10-11,20H,1,5,8-9,12-19H2,2-3H3,(H,25,26). The van der Waals surface area contributed by atoms with Crippen molar-refractivity contribution in [3.8, 4) is 5.75 Å². The lowest BCUT2D eigenvalue weighted by Gasteiger charge is -2.39. The predicted octanol–water partition coefficient (Wildman–Crippen LogP) is 2.35. The summed E-state index contributed by atoms with van der Waals surface area (Å²) in [7, 11) is 0. The second-order valence-corrected chi connectivity index (χ2v) is 8.11. The first-order valence-corrected chi connectivity index (χ1v) is 11.5. The van der Waals surface area contributed by atoms with Crippen LogP contribution in [-0.2, 0) is 11.3 Å². The topological polar surface area (TPSA) is 60.4 Å². The van der Waals surface area contributed by atoms with Crippen LogP contribution in [0, 0.1) is 0 Å². The maximum atomic E-state index is 12.7. The minimum absolute atomic E-state index is 0.0475. The number of para-hydroxylation sites is 1.